The fourth-order valence-electron chi connectivity index (χ4n) is 4.06. The number of aryl methyl sites for hydroxylation is 2. The number of nitrogens with zero attached hydrogens (tertiary/aromatic N) is 3. The van der Waals surface area contributed by atoms with Crippen molar-refractivity contribution in [2.45, 2.75) is 33.1 Å². The molecule has 0 aliphatic carbocycles. The van der Waals surface area contributed by atoms with Gasteiger partial charge in [-0.05, 0) is 38.8 Å². The van der Waals surface area contributed by atoms with Gasteiger partial charge in [-0.2, -0.15) is 0 Å². The Hall–Kier alpha value is -3.42. The van der Waals surface area contributed by atoms with Crippen molar-refractivity contribution < 1.29 is 9.59 Å². The van der Waals surface area contributed by atoms with Crippen molar-refractivity contribution in [3.63, 3.8) is 0 Å². The van der Waals surface area contributed by atoms with Crippen molar-refractivity contribution in [3.05, 3.63) is 63.7 Å². The lowest BCUT2D eigenvalue weighted by molar-refractivity contribution is -0.134. The zero-order valence-electron chi connectivity index (χ0n) is 17.1. The second-order valence-corrected chi connectivity index (χ2v) is 7.79. The summed E-state index contributed by atoms with van der Waals surface area (Å²) in [5.74, 6) is -0.320. The molecule has 0 radical (unpaired) electrons. The number of fused-ring (bicyclic) bond motifs is 1. The van der Waals surface area contributed by atoms with E-state index in [9.17, 15) is 14.4 Å². The highest BCUT2D eigenvalue weighted by molar-refractivity contribution is 5.93. The van der Waals surface area contributed by atoms with Crippen molar-refractivity contribution >= 4 is 23.1 Å². The predicted molar refractivity (Wildman–Crippen MR) is 113 cm³/mol. The first-order valence-corrected chi connectivity index (χ1v) is 10.1. The highest BCUT2D eigenvalue weighted by atomic mass is 16.2. The highest BCUT2D eigenvalue weighted by Gasteiger charge is 2.29. The molecule has 2 aromatic heterocycles. The summed E-state index contributed by atoms with van der Waals surface area (Å²) in [5.41, 5.74) is 3.41. The predicted octanol–water partition coefficient (Wildman–Crippen LogP) is 2.06. The fourth-order valence-corrected chi connectivity index (χ4v) is 4.06. The topological polar surface area (TPSA) is 99.6 Å². The molecule has 1 atom stereocenters. The summed E-state index contributed by atoms with van der Waals surface area (Å²) in [6.07, 6.45) is 1.74. The van der Waals surface area contributed by atoms with Crippen LogP contribution in [0.3, 0.4) is 0 Å². The second kappa shape index (κ2) is 8.14. The molecule has 4 rings (SSSR count). The lowest BCUT2D eigenvalue weighted by Gasteiger charge is -2.32. The number of para-hydroxylation sites is 1. The lowest BCUT2D eigenvalue weighted by atomic mass is 9.96. The van der Waals surface area contributed by atoms with Crippen LogP contribution in [0, 0.1) is 19.8 Å². The molecule has 2 N–H and O–H groups in total. The van der Waals surface area contributed by atoms with Gasteiger partial charge in [0, 0.05) is 41.8 Å². The van der Waals surface area contributed by atoms with Crippen LogP contribution < -0.4 is 10.9 Å². The Kier molecular flexibility index (Phi) is 5.39. The van der Waals surface area contributed by atoms with Crippen LogP contribution in [-0.2, 0) is 16.0 Å². The largest absolute Gasteiger partial charge is 0.342 e. The monoisotopic (exact) mass is 407 g/mol. The molecule has 1 aromatic carbocycles. The highest BCUT2D eigenvalue weighted by Crippen LogP contribution is 2.21. The van der Waals surface area contributed by atoms with Crippen molar-refractivity contribution in [2.75, 3.05) is 18.4 Å². The average Bonchev–Trinajstić information content (AvgIpc) is 3.12. The summed E-state index contributed by atoms with van der Waals surface area (Å²) in [6.45, 7) is 4.76. The van der Waals surface area contributed by atoms with Crippen molar-refractivity contribution in [1.29, 1.82) is 0 Å². The number of rotatable bonds is 4. The van der Waals surface area contributed by atoms with E-state index in [1.807, 2.05) is 44.2 Å². The molecule has 8 heteroatoms. The molecular formula is C22H25N5O3. The van der Waals surface area contributed by atoms with Gasteiger partial charge in [-0.15, -0.1) is 0 Å². The first-order chi connectivity index (χ1) is 14.4. The molecule has 3 aromatic rings. The maximum Gasteiger partial charge on any atom is 0.266 e. The number of amides is 2. The Morgan fingerprint density at radius 3 is 2.77 bits per heavy atom. The van der Waals surface area contributed by atoms with Gasteiger partial charge in [0.2, 0.25) is 11.8 Å². The summed E-state index contributed by atoms with van der Waals surface area (Å²) in [5, 5.41) is 5.65. The van der Waals surface area contributed by atoms with E-state index in [2.05, 4.69) is 15.4 Å². The van der Waals surface area contributed by atoms with Crippen LogP contribution in [0.15, 0.2) is 41.2 Å². The summed E-state index contributed by atoms with van der Waals surface area (Å²) in [6, 6.07) is 10.8. The molecule has 1 fully saturated rings. The minimum absolute atomic E-state index is 0.0333. The first kappa shape index (κ1) is 19.9. The number of aromatic nitrogens is 3. The number of H-pyrrole nitrogens is 1. The Bertz CT molecular complexity index is 1150. The molecule has 3 heterocycles. The summed E-state index contributed by atoms with van der Waals surface area (Å²) in [4.78, 5) is 43.5. The molecule has 1 aliphatic heterocycles. The van der Waals surface area contributed by atoms with Gasteiger partial charge in [-0.3, -0.25) is 19.5 Å². The average molecular weight is 407 g/mol. The molecule has 8 nitrogen and oxygen atoms in total. The second-order valence-electron chi connectivity index (χ2n) is 7.79. The molecule has 1 saturated heterocycles. The third-order valence-electron chi connectivity index (χ3n) is 5.72. The lowest BCUT2D eigenvalue weighted by Crippen LogP contribution is -2.44. The van der Waals surface area contributed by atoms with Gasteiger partial charge < -0.3 is 10.2 Å². The Labute approximate surface area is 173 Å². The number of carbonyl (C=O) groups is 2. The smallest absolute Gasteiger partial charge is 0.266 e. The Balaban J connectivity index is 1.46. The summed E-state index contributed by atoms with van der Waals surface area (Å²) >= 11 is 0. The van der Waals surface area contributed by atoms with Crippen LogP contribution in [0.5, 0.6) is 0 Å². The number of aromatic amines is 1. The van der Waals surface area contributed by atoms with E-state index < -0.39 is 0 Å². The number of carbonyl (C=O) groups excluding carboxylic acids is 2. The van der Waals surface area contributed by atoms with E-state index in [1.165, 1.54) is 6.07 Å². The van der Waals surface area contributed by atoms with Gasteiger partial charge in [-0.1, -0.05) is 18.2 Å². The molecular weight excluding hydrogens is 382 g/mol. The van der Waals surface area contributed by atoms with Gasteiger partial charge in [0.15, 0.2) is 5.65 Å². The van der Waals surface area contributed by atoms with Gasteiger partial charge in [-0.25, -0.2) is 9.50 Å². The van der Waals surface area contributed by atoms with E-state index in [-0.39, 0.29) is 29.7 Å². The summed E-state index contributed by atoms with van der Waals surface area (Å²) in [7, 11) is 0. The third-order valence-corrected chi connectivity index (χ3v) is 5.72. The SMILES string of the molecule is Cc1nc2cc(=O)[nH]n2c(C)c1CC(=O)N1CCCC(C(=O)Nc2ccccc2)C1. The maximum absolute atomic E-state index is 13.0. The van der Waals surface area contributed by atoms with Gasteiger partial charge in [0.05, 0.1) is 12.3 Å². The minimum atomic E-state index is -0.230. The first-order valence-electron chi connectivity index (χ1n) is 10.1. The normalized spacial score (nSPS) is 16.6. The number of anilines is 1. The molecule has 2 amide bonds. The number of hydrogen-bond acceptors (Lipinski definition) is 4. The van der Waals surface area contributed by atoms with E-state index in [4.69, 9.17) is 0 Å². The molecule has 156 valence electrons. The Morgan fingerprint density at radius 2 is 2.00 bits per heavy atom. The standard InChI is InChI=1S/C22H25N5O3/c1-14-18(15(2)27-19(23-14)12-20(28)25-27)11-21(29)26-10-6-7-16(13-26)22(30)24-17-8-4-3-5-9-17/h3-5,8-9,12,16H,6-7,10-11,13H2,1-2H3,(H,24,30)(H,25,28). The molecule has 0 spiro atoms. The van der Waals surface area contributed by atoms with E-state index in [0.717, 1.165) is 35.5 Å². The molecule has 1 unspecified atom stereocenters. The fraction of sp³-hybridized carbons (Fsp3) is 0.364. The van der Waals surface area contributed by atoms with Crippen LogP contribution in [0.1, 0.15) is 29.8 Å². The van der Waals surface area contributed by atoms with Crippen LogP contribution in [0.2, 0.25) is 0 Å². The number of piperidine rings is 1. The van der Waals surface area contributed by atoms with Gasteiger partial charge in [0.25, 0.3) is 5.56 Å². The zero-order valence-corrected chi connectivity index (χ0v) is 17.1. The van der Waals surface area contributed by atoms with Crippen LogP contribution >= 0.6 is 0 Å². The molecule has 30 heavy (non-hydrogen) atoms. The Morgan fingerprint density at radius 1 is 1.23 bits per heavy atom. The third kappa shape index (κ3) is 3.98. The number of likely N-dealkylation sites (tertiary alicyclic amines) is 1. The molecule has 0 bridgehead atoms. The zero-order chi connectivity index (χ0) is 21.3. The van der Waals surface area contributed by atoms with Crippen LogP contribution in [0.4, 0.5) is 5.69 Å². The van der Waals surface area contributed by atoms with Crippen molar-refractivity contribution in [3.8, 4) is 0 Å². The van der Waals surface area contributed by atoms with E-state index in [0.29, 0.717) is 18.7 Å². The van der Waals surface area contributed by atoms with Gasteiger partial charge in [0.1, 0.15) is 0 Å². The minimum Gasteiger partial charge on any atom is -0.342 e. The maximum atomic E-state index is 13.0. The van der Waals surface area contributed by atoms with Crippen LogP contribution in [-0.4, -0.2) is 44.4 Å². The number of benzene rings is 1. The number of nitrogens with one attached hydrogen (secondary N) is 2. The quantitative estimate of drug-likeness (QED) is 0.691. The van der Waals surface area contributed by atoms with Gasteiger partial charge >= 0.3 is 0 Å². The van der Waals surface area contributed by atoms with Crippen molar-refractivity contribution in [2.24, 2.45) is 5.92 Å². The number of hydrogen-bond donors (Lipinski definition) is 2. The summed E-state index contributed by atoms with van der Waals surface area (Å²) < 4.78 is 1.62. The van der Waals surface area contributed by atoms with Crippen LogP contribution in [0.25, 0.3) is 5.65 Å². The van der Waals surface area contributed by atoms with E-state index in [1.54, 1.807) is 9.42 Å². The molecule has 0 saturated carbocycles. The van der Waals surface area contributed by atoms with Crippen molar-refractivity contribution in [1.82, 2.24) is 19.5 Å². The van der Waals surface area contributed by atoms with E-state index >= 15 is 0 Å². The molecule has 1 aliphatic rings.